The highest BCUT2D eigenvalue weighted by Gasteiger charge is 2.13. The molecule has 0 aliphatic carbocycles. The molecule has 0 heterocycles. The van der Waals surface area contributed by atoms with Crippen molar-refractivity contribution in [2.75, 3.05) is 39.6 Å². The van der Waals surface area contributed by atoms with Crippen LogP contribution in [-0.4, -0.2) is 57.9 Å². The first-order chi connectivity index (χ1) is 18.5. The quantitative estimate of drug-likeness (QED) is 0.0826. The number of ether oxygens (including phenoxy) is 4. The molecule has 13 heteroatoms. The number of carbonyl (C=O) groups excluding carboxylic acids is 3. The van der Waals surface area contributed by atoms with Crippen molar-refractivity contribution < 1.29 is 47.3 Å². The normalized spacial score (nSPS) is 12.2. The van der Waals surface area contributed by atoms with Crippen molar-refractivity contribution >= 4 is 25.9 Å². The Balaban J connectivity index is 2.26. The van der Waals surface area contributed by atoms with Crippen molar-refractivity contribution in [3.63, 3.8) is 0 Å². The summed E-state index contributed by atoms with van der Waals surface area (Å²) < 4.78 is 36.3. The van der Waals surface area contributed by atoms with Crippen LogP contribution >= 0.6 is 7.60 Å². The lowest BCUT2D eigenvalue weighted by Crippen LogP contribution is -2.25. The van der Waals surface area contributed by atoms with Gasteiger partial charge in [0.25, 0.3) is 0 Å². The predicted octanol–water partition coefficient (Wildman–Crippen LogP) is 4.72. The molecule has 1 atom stereocenters. The summed E-state index contributed by atoms with van der Waals surface area (Å²) in [6, 6.07) is 3.52. The van der Waals surface area contributed by atoms with E-state index in [1.165, 1.54) is 0 Å². The minimum absolute atomic E-state index is 0.0417. The molecule has 1 aromatic carbocycles. The SMILES string of the molecule is CCCCNC(=O)OCCCCOC(=O)Oc1c(C)cc(COC(=O)NCCCCCOP(C)(=O)[O-])cc1C. The van der Waals surface area contributed by atoms with Crippen LogP contribution in [0.2, 0.25) is 0 Å². The molecule has 0 aromatic heterocycles. The fraction of sp³-hybridized carbons (Fsp3) is 0.654. The molecule has 39 heavy (non-hydrogen) atoms. The summed E-state index contributed by atoms with van der Waals surface area (Å²) in [4.78, 5) is 46.4. The van der Waals surface area contributed by atoms with Gasteiger partial charge in [0.15, 0.2) is 0 Å². The largest absolute Gasteiger partial charge is 0.779 e. The number of alkyl carbamates (subject to hydrolysis) is 2. The molecular formula is C26H42N2O10P-. The lowest BCUT2D eigenvalue weighted by atomic mass is 10.1. The van der Waals surface area contributed by atoms with Crippen molar-refractivity contribution in [1.82, 2.24) is 10.6 Å². The number of nitrogens with one attached hydrogen (secondary N) is 2. The molecule has 12 nitrogen and oxygen atoms in total. The maximum Gasteiger partial charge on any atom is 0.513 e. The zero-order valence-corrected chi connectivity index (χ0v) is 24.3. The zero-order valence-electron chi connectivity index (χ0n) is 23.4. The van der Waals surface area contributed by atoms with Crippen LogP contribution in [0.3, 0.4) is 0 Å². The van der Waals surface area contributed by atoms with Crippen molar-refractivity contribution in [1.29, 1.82) is 0 Å². The second kappa shape index (κ2) is 19.3. The van der Waals surface area contributed by atoms with E-state index in [2.05, 4.69) is 15.2 Å². The predicted molar refractivity (Wildman–Crippen MR) is 143 cm³/mol. The van der Waals surface area contributed by atoms with Gasteiger partial charge in [-0.1, -0.05) is 13.3 Å². The Kier molecular flexibility index (Phi) is 16.9. The number of aryl methyl sites for hydroxylation is 2. The third-order valence-corrected chi connectivity index (χ3v) is 5.93. The molecule has 222 valence electrons. The summed E-state index contributed by atoms with van der Waals surface area (Å²) in [7, 11) is -3.69. The average molecular weight is 574 g/mol. The second-order valence-electron chi connectivity index (χ2n) is 9.05. The maximum atomic E-state index is 12.1. The number of hydrogen-bond acceptors (Lipinski definition) is 10. The first-order valence-corrected chi connectivity index (χ1v) is 15.2. The van der Waals surface area contributed by atoms with Gasteiger partial charge < -0.3 is 43.6 Å². The fourth-order valence-corrected chi connectivity index (χ4v) is 3.83. The van der Waals surface area contributed by atoms with Crippen LogP contribution < -0.4 is 20.3 Å². The van der Waals surface area contributed by atoms with Crippen LogP contribution in [0.15, 0.2) is 12.1 Å². The molecule has 0 bridgehead atoms. The molecular weight excluding hydrogens is 531 g/mol. The number of rotatable bonds is 18. The Bertz CT molecular complexity index is 928. The summed E-state index contributed by atoms with van der Waals surface area (Å²) >= 11 is 0. The van der Waals surface area contributed by atoms with Crippen LogP contribution in [0.4, 0.5) is 14.4 Å². The van der Waals surface area contributed by atoms with Gasteiger partial charge in [-0.15, -0.1) is 0 Å². The maximum absolute atomic E-state index is 12.1. The number of amides is 2. The van der Waals surface area contributed by atoms with Crippen molar-refractivity contribution in [3.05, 3.63) is 28.8 Å². The number of benzene rings is 1. The Labute approximate surface area is 230 Å². The number of unbranched alkanes of at least 4 members (excludes halogenated alkanes) is 4. The van der Waals surface area contributed by atoms with Gasteiger partial charge in [-0.05, 0) is 81.2 Å². The van der Waals surface area contributed by atoms with Gasteiger partial charge in [-0.3, -0.25) is 0 Å². The summed E-state index contributed by atoms with van der Waals surface area (Å²) in [5, 5.41) is 5.30. The molecule has 0 aliphatic rings. The van der Waals surface area contributed by atoms with Crippen LogP contribution in [0.1, 0.15) is 68.6 Å². The highest BCUT2D eigenvalue weighted by molar-refractivity contribution is 7.50. The summed E-state index contributed by atoms with van der Waals surface area (Å²) in [6.45, 7) is 8.14. The third-order valence-electron chi connectivity index (χ3n) is 5.28. The molecule has 1 unspecified atom stereocenters. The standard InChI is InChI=1S/C26H43N2O10P/c1-5-6-12-27-24(29)34-14-10-11-15-35-26(31)38-23-20(2)17-22(18-21(23)3)19-36-25(30)28-13-8-7-9-16-37-39(4,32)33/h17-18H,5-16,19H2,1-4H3,(H,27,29)(H,28,30)(H,32,33)/p-1. The topological polar surface area (TPSA) is 162 Å². The lowest BCUT2D eigenvalue weighted by Gasteiger charge is -2.17. The minimum atomic E-state index is -3.69. The Morgan fingerprint density at radius 2 is 1.38 bits per heavy atom. The molecule has 0 aliphatic heterocycles. The van der Waals surface area contributed by atoms with Gasteiger partial charge in [0.2, 0.25) is 0 Å². The number of hydrogen-bond donors (Lipinski definition) is 2. The Morgan fingerprint density at radius 3 is 2.00 bits per heavy atom. The molecule has 0 spiro atoms. The van der Waals surface area contributed by atoms with E-state index >= 15 is 0 Å². The van der Waals surface area contributed by atoms with E-state index in [0.717, 1.165) is 25.1 Å². The van der Waals surface area contributed by atoms with Crippen LogP contribution in [0, 0.1) is 13.8 Å². The molecule has 0 saturated carbocycles. The van der Waals surface area contributed by atoms with Crippen LogP contribution in [0.25, 0.3) is 0 Å². The molecule has 2 amide bonds. The van der Waals surface area contributed by atoms with Crippen molar-refractivity contribution in [3.8, 4) is 5.75 Å². The molecule has 0 radical (unpaired) electrons. The third kappa shape index (κ3) is 17.4. The summed E-state index contributed by atoms with van der Waals surface area (Å²) in [5.41, 5.74) is 2.11. The average Bonchev–Trinajstić information content (AvgIpc) is 2.86. The zero-order chi connectivity index (χ0) is 29.1. The lowest BCUT2D eigenvalue weighted by molar-refractivity contribution is -0.196. The van der Waals surface area contributed by atoms with E-state index in [-0.39, 0.29) is 26.4 Å². The molecule has 0 fully saturated rings. The van der Waals surface area contributed by atoms with Gasteiger partial charge in [-0.2, -0.15) is 0 Å². The molecule has 0 saturated heterocycles. The van der Waals surface area contributed by atoms with E-state index in [4.69, 9.17) is 18.9 Å². The minimum Gasteiger partial charge on any atom is -0.779 e. The second-order valence-corrected chi connectivity index (χ2v) is 10.9. The summed E-state index contributed by atoms with van der Waals surface area (Å²) in [5.74, 6) is 0.376. The van der Waals surface area contributed by atoms with E-state index in [0.29, 0.717) is 62.1 Å². The van der Waals surface area contributed by atoms with Gasteiger partial charge >= 0.3 is 18.3 Å². The highest BCUT2D eigenvalue weighted by Crippen LogP contribution is 2.31. The van der Waals surface area contributed by atoms with Crippen molar-refractivity contribution in [2.45, 2.75) is 72.3 Å². The van der Waals surface area contributed by atoms with E-state index in [9.17, 15) is 23.8 Å². The smallest absolute Gasteiger partial charge is 0.513 e. The monoisotopic (exact) mass is 573 g/mol. The Morgan fingerprint density at radius 1 is 0.821 bits per heavy atom. The summed E-state index contributed by atoms with van der Waals surface area (Å²) in [6.07, 6.45) is 3.06. The molecule has 1 rings (SSSR count). The van der Waals surface area contributed by atoms with Crippen LogP contribution in [0.5, 0.6) is 5.75 Å². The molecule has 2 N–H and O–H groups in total. The van der Waals surface area contributed by atoms with E-state index in [1.807, 2.05) is 6.92 Å². The number of carbonyl (C=O) groups is 3. The van der Waals surface area contributed by atoms with E-state index < -0.39 is 25.9 Å². The highest BCUT2D eigenvalue weighted by atomic mass is 31.2. The molecule has 1 aromatic rings. The van der Waals surface area contributed by atoms with Gasteiger partial charge in [0.05, 0.1) is 19.8 Å². The van der Waals surface area contributed by atoms with Gasteiger partial charge in [0.1, 0.15) is 20.0 Å². The van der Waals surface area contributed by atoms with Gasteiger partial charge in [-0.25, -0.2) is 14.4 Å². The van der Waals surface area contributed by atoms with Gasteiger partial charge in [0, 0.05) is 19.8 Å². The van der Waals surface area contributed by atoms with Crippen molar-refractivity contribution in [2.24, 2.45) is 0 Å². The van der Waals surface area contributed by atoms with E-state index in [1.54, 1.807) is 26.0 Å². The fourth-order valence-electron chi connectivity index (χ4n) is 3.36. The Hall–Kier alpha value is -2.82. The first-order valence-electron chi connectivity index (χ1n) is 13.2. The first kappa shape index (κ1) is 34.2. The van der Waals surface area contributed by atoms with Crippen LogP contribution in [-0.2, 0) is 29.9 Å².